The third-order valence-corrected chi connectivity index (χ3v) is 2.57. The fraction of sp³-hybridized carbons (Fsp3) is 0. The molecule has 6 nitrogen and oxygen atoms in total. The van der Waals surface area contributed by atoms with Gasteiger partial charge in [-0.2, -0.15) is 5.10 Å². The van der Waals surface area contributed by atoms with Crippen LogP contribution >= 0.6 is 0 Å². The molecule has 0 aliphatic rings. The van der Waals surface area contributed by atoms with E-state index in [1.165, 1.54) is 12.1 Å². The zero-order valence-corrected chi connectivity index (χ0v) is 9.07. The summed E-state index contributed by atoms with van der Waals surface area (Å²) in [4.78, 5) is 17.5. The summed E-state index contributed by atoms with van der Waals surface area (Å²) >= 11 is 0. The molecule has 0 saturated heterocycles. The Hall–Kier alpha value is -2.70. The van der Waals surface area contributed by atoms with Crippen LogP contribution < -0.4 is 11.4 Å². The van der Waals surface area contributed by atoms with Crippen LogP contribution in [0.4, 0.5) is 10.2 Å². The van der Waals surface area contributed by atoms with Gasteiger partial charge in [-0.05, 0) is 23.6 Å². The lowest BCUT2D eigenvalue weighted by Crippen LogP contribution is -2.01. The Bertz CT molecular complexity index is 791. The van der Waals surface area contributed by atoms with Crippen LogP contribution in [0.25, 0.3) is 22.3 Å². The Morgan fingerprint density at radius 2 is 2.11 bits per heavy atom. The van der Waals surface area contributed by atoms with Crippen molar-refractivity contribution < 1.29 is 4.39 Å². The zero-order chi connectivity index (χ0) is 12.7. The maximum absolute atomic E-state index is 13.1. The highest BCUT2D eigenvalue weighted by Gasteiger charge is 2.09. The van der Waals surface area contributed by atoms with Gasteiger partial charge < -0.3 is 5.73 Å². The highest BCUT2D eigenvalue weighted by Crippen LogP contribution is 2.24. The molecule has 0 bridgehead atoms. The van der Waals surface area contributed by atoms with Gasteiger partial charge in [0, 0.05) is 5.39 Å². The number of rotatable bonds is 1. The fourth-order valence-corrected chi connectivity index (χ4v) is 1.76. The van der Waals surface area contributed by atoms with E-state index >= 15 is 0 Å². The summed E-state index contributed by atoms with van der Waals surface area (Å²) in [5.74, 6) is 0.0979. The third-order valence-electron chi connectivity index (χ3n) is 2.57. The number of halogens is 1. The van der Waals surface area contributed by atoms with Crippen molar-refractivity contribution >= 4 is 16.6 Å². The molecule has 0 aliphatic heterocycles. The predicted octanol–water partition coefficient (Wildman–Crippen LogP) is 1.03. The van der Waals surface area contributed by atoms with Crippen molar-refractivity contribution in [3.63, 3.8) is 0 Å². The SMILES string of the molecule is Nc1nc(-c2n[nH]c(=O)[nH]2)cc2ccc(F)cc12. The minimum atomic E-state index is -0.426. The van der Waals surface area contributed by atoms with Crippen molar-refractivity contribution in [1.82, 2.24) is 20.2 Å². The van der Waals surface area contributed by atoms with Crippen molar-refractivity contribution in [3.05, 3.63) is 40.6 Å². The Kier molecular flexibility index (Phi) is 2.12. The molecule has 18 heavy (non-hydrogen) atoms. The molecule has 3 rings (SSSR count). The summed E-state index contributed by atoms with van der Waals surface area (Å²) in [6.45, 7) is 0. The molecule has 0 unspecified atom stereocenters. The molecule has 2 heterocycles. The molecule has 0 radical (unpaired) electrons. The summed E-state index contributed by atoms with van der Waals surface area (Å²) in [6, 6.07) is 5.92. The number of nitrogens with zero attached hydrogens (tertiary/aromatic N) is 2. The highest BCUT2D eigenvalue weighted by molar-refractivity contribution is 5.93. The molecule has 3 aromatic rings. The monoisotopic (exact) mass is 245 g/mol. The van der Waals surface area contributed by atoms with Gasteiger partial charge in [0.25, 0.3) is 0 Å². The minimum absolute atomic E-state index is 0.186. The van der Waals surface area contributed by atoms with Crippen LogP contribution in [0, 0.1) is 5.82 Å². The van der Waals surface area contributed by atoms with Crippen molar-refractivity contribution in [2.45, 2.75) is 0 Å². The molecular weight excluding hydrogens is 237 g/mol. The number of benzene rings is 1. The number of hydrogen-bond acceptors (Lipinski definition) is 4. The van der Waals surface area contributed by atoms with Gasteiger partial charge in [0.1, 0.15) is 17.3 Å². The molecule has 0 saturated carbocycles. The Morgan fingerprint density at radius 3 is 2.83 bits per heavy atom. The number of nitrogens with one attached hydrogen (secondary N) is 2. The molecule has 0 aliphatic carbocycles. The topological polar surface area (TPSA) is 100 Å². The number of anilines is 1. The zero-order valence-electron chi connectivity index (χ0n) is 9.07. The second-order valence-corrected chi connectivity index (χ2v) is 3.78. The number of pyridine rings is 1. The van der Waals surface area contributed by atoms with E-state index in [1.54, 1.807) is 12.1 Å². The van der Waals surface area contributed by atoms with Crippen molar-refractivity contribution in [3.8, 4) is 11.5 Å². The number of fused-ring (bicyclic) bond motifs is 1. The van der Waals surface area contributed by atoms with E-state index in [9.17, 15) is 9.18 Å². The van der Waals surface area contributed by atoms with Crippen LogP contribution in [-0.4, -0.2) is 20.2 Å². The van der Waals surface area contributed by atoms with Gasteiger partial charge in [0.05, 0.1) is 0 Å². The van der Waals surface area contributed by atoms with Gasteiger partial charge >= 0.3 is 5.69 Å². The number of H-pyrrole nitrogens is 2. The first-order valence-electron chi connectivity index (χ1n) is 5.14. The molecular formula is C11H8FN5O. The normalized spacial score (nSPS) is 10.9. The molecule has 0 atom stereocenters. The smallest absolute Gasteiger partial charge is 0.340 e. The number of aromatic nitrogens is 4. The van der Waals surface area contributed by atoms with Crippen LogP contribution in [0.5, 0.6) is 0 Å². The molecule has 90 valence electrons. The van der Waals surface area contributed by atoms with Gasteiger partial charge in [-0.25, -0.2) is 19.3 Å². The predicted molar refractivity (Wildman–Crippen MR) is 64.3 cm³/mol. The summed E-state index contributed by atoms with van der Waals surface area (Å²) in [6.07, 6.45) is 0. The summed E-state index contributed by atoms with van der Waals surface area (Å²) in [5, 5.41) is 7.26. The molecule has 0 fully saturated rings. The fourth-order valence-electron chi connectivity index (χ4n) is 1.76. The van der Waals surface area contributed by atoms with E-state index in [1.807, 2.05) is 0 Å². The van der Waals surface area contributed by atoms with Gasteiger partial charge in [-0.15, -0.1) is 0 Å². The van der Waals surface area contributed by atoms with Crippen molar-refractivity contribution in [1.29, 1.82) is 0 Å². The van der Waals surface area contributed by atoms with E-state index < -0.39 is 5.69 Å². The lowest BCUT2D eigenvalue weighted by molar-refractivity contribution is 0.630. The van der Waals surface area contributed by atoms with E-state index in [2.05, 4.69) is 20.2 Å². The summed E-state index contributed by atoms with van der Waals surface area (Å²) in [7, 11) is 0. The van der Waals surface area contributed by atoms with Crippen LogP contribution in [0.15, 0.2) is 29.1 Å². The standard InChI is InChI=1S/C11H8FN5O/c12-6-2-1-5-3-8(10-15-11(18)17-16-10)14-9(13)7(5)4-6/h1-4H,(H2,13,14)(H2,15,16,17,18). The first kappa shape index (κ1) is 10.5. The van der Waals surface area contributed by atoms with Crippen LogP contribution in [0.3, 0.4) is 0 Å². The second-order valence-electron chi connectivity index (χ2n) is 3.78. The number of nitrogens with two attached hydrogens (primary N) is 1. The molecule has 2 aromatic heterocycles. The first-order chi connectivity index (χ1) is 8.63. The maximum Gasteiger partial charge on any atom is 0.340 e. The minimum Gasteiger partial charge on any atom is -0.383 e. The molecule has 0 spiro atoms. The van der Waals surface area contributed by atoms with Gasteiger partial charge in [0.2, 0.25) is 0 Å². The lowest BCUT2D eigenvalue weighted by atomic mass is 10.1. The van der Waals surface area contributed by atoms with E-state index in [-0.39, 0.29) is 17.5 Å². The maximum atomic E-state index is 13.1. The van der Waals surface area contributed by atoms with Gasteiger partial charge in [0.15, 0.2) is 5.82 Å². The Labute approximate surface area is 99.7 Å². The quantitative estimate of drug-likeness (QED) is 0.596. The second kappa shape index (κ2) is 3.66. The van der Waals surface area contributed by atoms with Gasteiger partial charge in [-0.1, -0.05) is 6.07 Å². The van der Waals surface area contributed by atoms with Crippen molar-refractivity contribution in [2.24, 2.45) is 0 Å². The highest BCUT2D eigenvalue weighted by atomic mass is 19.1. The Balaban J connectivity index is 2.27. The van der Waals surface area contributed by atoms with E-state index in [0.717, 1.165) is 5.39 Å². The lowest BCUT2D eigenvalue weighted by Gasteiger charge is -2.04. The third kappa shape index (κ3) is 1.61. The molecule has 1 aromatic carbocycles. The molecule has 7 heteroatoms. The Morgan fingerprint density at radius 1 is 1.28 bits per heavy atom. The number of hydrogen-bond donors (Lipinski definition) is 3. The average Bonchev–Trinajstić information content (AvgIpc) is 2.77. The average molecular weight is 245 g/mol. The van der Waals surface area contributed by atoms with Crippen LogP contribution in [0.1, 0.15) is 0 Å². The van der Waals surface area contributed by atoms with Crippen LogP contribution in [0.2, 0.25) is 0 Å². The largest absolute Gasteiger partial charge is 0.383 e. The molecule has 0 amide bonds. The first-order valence-corrected chi connectivity index (χ1v) is 5.14. The van der Waals surface area contributed by atoms with Crippen LogP contribution in [-0.2, 0) is 0 Å². The number of nitrogen functional groups attached to an aromatic ring is 1. The van der Waals surface area contributed by atoms with E-state index in [0.29, 0.717) is 11.1 Å². The summed E-state index contributed by atoms with van der Waals surface area (Å²) in [5.41, 5.74) is 5.76. The van der Waals surface area contributed by atoms with Crippen molar-refractivity contribution in [2.75, 3.05) is 5.73 Å². The molecule has 4 N–H and O–H groups in total. The van der Waals surface area contributed by atoms with E-state index in [4.69, 9.17) is 5.73 Å². The number of aromatic amines is 2. The summed E-state index contributed by atoms with van der Waals surface area (Å²) < 4.78 is 13.1. The van der Waals surface area contributed by atoms with Gasteiger partial charge in [-0.3, -0.25) is 4.98 Å².